The predicted molar refractivity (Wildman–Crippen MR) is 99.8 cm³/mol. The van der Waals surface area contributed by atoms with Crippen molar-refractivity contribution in [1.82, 2.24) is 0 Å². The van der Waals surface area contributed by atoms with E-state index in [4.69, 9.17) is 4.74 Å². The van der Waals surface area contributed by atoms with Crippen LogP contribution < -0.4 is 4.90 Å². The number of hydrogen-bond acceptors (Lipinski definition) is 2. The summed E-state index contributed by atoms with van der Waals surface area (Å²) in [6.45, 7) is 4.52. The van der Waals surface area contributed by atoms with Crippen molar-refractivity contribution in [2.75, 3.05) is 4.90 Å². The van der Waals surface area contributed by atoms with Crippen LogP contribution in [0.1, 0.15) is 70.3 Å². The summed E-state index contributed by atoms with van der Waals surface area (Å²) in [4.78, 5) is 2.54. The molecule has 0 spiro atoms. The fraction of sp³-hybridized carbons (Fsp3) is 0.636. The van der Waals surface area contributed by atoms with E-state index in [0.717, 1.165) is 0 Å². The van der Waals surface area contributed by atoms with Crippen molar-refractivity contribution in [3.8, 4) is 0 Å². The third-order valence-electron chi connectivity index (χ3n) is 6.37. The molecule has 0 amide bonds. The van der Waals surface area contributed by atoms with Gasteiger partial charge in [-0.15, -0.1) is 0 Å². The van der Waals surface area contributed by atoms with Crippen molar-refractivity contribution in [2.24, 2.45) is 11.8 Å². The van der Waals surface area contributed by atoms with E-state index in [1.807, 2.05) is 0 Å². The molecule has 2 heteroatoms. The highest BCUT2D eigenvalue weighted by molar-refractivity contribution is 5.59. The maximum atomic E-state index is 6.72. The summed E-state index contributed by atoms with van der Waals surface area (Å²) in [5.41, 5.74) is 4.08. The maximum absolute atomic E-state index is 6.72. The highest BCUT2D eigenvalue weighted by atomic mass is 16.5. The van der Waals surface area contributed by atoms with Crippen molar-refractivity contribution in [1.29, 1.82) is 0 Å². The lowest BCUT2D eigenvalue weighted by atomic mass is 9.87. The Bertz CT molecular complexity index is 608. The number of anilines is 1. The first-order valence-electron chi connectivity index (χ1n) is 9.98. The third-order valence-corrected chi connectivity index (χ3v) is 6.37. The van der Waals surface area contributed by atoms with Crippen LogP contribution >= 0.6 is 0 Å². The van der Waals surface area contributed by atoms with Gasteiger partial charge in [0.1, 0.15) is 5.76 Å². The second-order valence-electron chi connectivity index (χ2n) is 7.99. The van der Waals surface area contributed by atoms with E-state index in [1.165, 1.54) is 80.5 Å². The Kier molecular flexibility index (Phi) is 4.56. The van der Waals surface area contributed by atoms with Crippen LogP contribution in [0, 0.1) is 18.8 Å². The van der Waals surface area contributed by atoms with E-state index >= 15 is 0 Å². The van der Waals surface area contributed by atoms with E-state index in [9.17, 15) is 0 Å². The first kappa shape index (κ1) is 16.1. The molecule has 2 aliphatic carbocycles. The molecule has 2 nitrogen and oxygen atoms in total. The topological polar surface area (TPSA) is 12.5 Å². The molecule has 2 saturated carbocycles. The Morgan fingerprint density at radius 1 is 0.875 bits per heavy atom. The number of aryl methyl sites for hydroxylation is 1. The molecule has 2 fully saturated rings. The minimum absolute atomic E-state index is 0.224. The molecule has 0 radical (unpaired) electrons. The molecule has 0 N–H and O–H groups in total. The number of benzene rings is 1. The van der Waals surface area contributed by atoms with Crippen LogP contribution in [0.25, 0.3) is 0 Å². The van der Waals surface area contributed by atoms with E-state index in [-0.39, 0.29) is 6.23 Å². The summed E-state index contributed by atoms with van der Waals surface area (Å²) < 4.78 is 6.72. The number of rotatable bonds is 3. The fourth-order valence-corrected chi connectivity index (χ4v) is 5.04. The van der Waals surface area contributed by atoms with E-state index in [2.05, 4.69) is 43.0 Å². The van der Waals surface area contributed by atoms with Gasteiger partial charge in [-0.1, -0.05) is 50.3 Å². The van der Waals surface area contributed by atoms with Gasteiger partial charge in [0.25, 0.3) is 0 Å². The molecule has 1 aromatic carbocycles. The average Bonchev–Trinajstić information content (AvgIpc) is 3.24. The molecule has 3 aliphatic rings. The third kappa shape index (κ3) is 2.85. The largest absolute Gasteiger partial charge is 0.472 e. The molecule has 0 aromatic heterocycles. The highest BCUT2D eigenvalue weighted by Gasteiger charge is 2.41. The molecule has 4 rings (SSSR count). The first-order chi connectivity index (χ1) is 11.8. The maximum Gasteiger partial charge on any atom is 0.178 e. The average molecular weight is 325 g/mol. The second kappa shape index (κ2) is 6.82. The van der Waals surface area contributed by atoms with Gasteiger partial charge >= 0.3 is 0 Å². The predicted octanol–water partition coefficient (Wildman–Crippen LogP) is 6.16. The Hall–Kier alpha value is -1.44. The van der Waals surface area contributed by atoms with Crippen LogP contribution in [-0.4, -0.2) is 6.23 Å². The lowest BCUT2D eigenvalue weighted by Crippen LogP contribution is -2.38. The molecule has 1 atom stereocenters. The Labute approximate surface area is 146 Å². The summed E-state index contributed by atoms with van der Waals surface area (Å²) >= 11 is 0. The molecular weight excluding hydrogens is 294 g/mol. The quantitative estimate of drug-likeness (QED) is 0.660. The van der Waals surface area contributed by atoms with E-state index in [0.29, 0.717) is 11.8 Å². The van der Waals surface area contributed by atoms with Crippen molar-refractivity contribution < 1.29 is 4.74 Å². The SMILES string of the molecule is CC1=C(C2CCCC2)OC(C2CCCCC2)N1c1ccccc1C. The van der Waals surface area contributed by atoms with Gasteiger partial charge in [0.15, 0.2) is 6.23 Å². The lowest BCUT2D eigenvalue weighted by molar-refractivity contribution is 0.0563. The molecule has 0 saturated heterocycles. The first-order valence-corrected chi connectivity index (χ1v) is 9.98. The number of nitrogens with zero attached hydrogens (tertiary/aromatic N) is 1. The number of allylic oxidation sites excluding steroid dienone is 2. The summed E-state index contributed by atoms with van der Waals surface area (Å²) in [7, 11) is 0. The van der Waals surface area contributed by atoms with Gasteiger partial charge in [0.2, 0.25) is 0 Å². The number of ether oxygens (including phenoxy) is 1. The lowest BCUT2D eigenvalue weighted by Gasteiger charge is -2.35. The normalized spacial score (nSPS) is 26.2. The van der Waals surface area contributed by atoms with Gasteiger partial charge in [-0.25, -0.2) is 0 Å². The minimum atomic E-state index is 0.224. The van der Waals surface area contributed by atoms with Crippen LogP contribution in [-0.2, 0) is 4.74 Å². The monoisotopic (exact) mass is 325 g/mol. The Balaban J connectivity index is 1.69. The van der Waals surface area contributed by atoms with Gasteiger partial charge in [-0.05, 0) is 51.2 Å². The Morgan fingerprint density at radius 3 is 2.25 bits per heavy atom. The van der Waals surface area contributed by atoms with Gasteiger partial charge in [0, 0.05) is 17.5 Å². The smallest absolute Gasteiger partial charge is 0.178 e. The molecule has 24 heavy (non-hydrogen) atoms. The molecule has 130 valence electrons. The van der Waals surface area contributed by atoms with Crippen molar-refractivity contribution >= 4 is 5.69 Å². The van der Waals surface area contributed by atoms with Gasteiger partial charge < -0.3 is 9.64 Å². The van der Waals surface area contributed by atoms with Gasteiger partial charge in [-0.3, -0.25) is 0 Å². The zero-order valence-corrected chi connectivity index (χ0v) is 15.3. The van der Waals surface area contributed by atoms with Crippen LogP contribution in [0.4, 0.5) is 5.69 Å². The van der Waals surface area contributed by atoms with Crippen LogP contribution in [0.2, 0.25) is 0 Å². The molecular formula is C22H31NO. The minimum Gasteiger partial charge on any atom is -0.472 e. The molecule has 0 bridgehead atoms. The molecule has 1 aliphatic heterocycles. The van der Waals surface area contributed by atoms with Crippen LogP contribution in [0.15, 0.2) is 35.7 Å². The summed E-state index contributed by atoms with van der Waals surface area (Å²) in [6.07, 6.45) is 12.3. The Morgan fingerprint density at radius 2 is 1.54 bits per heavy atom. The zero-order chi connectivity index (χ0) is 16.5. The summed E-state index contributed by atoms with van der Waals surface area (Å²) in [5, 5.41) is 0. The van der Waals surface area contributed by atoms with Gasteiger partial charge in [-0.2, -0.15) is 0 Å². The van der Waals surface area contributed by atoms with E-state index in [1.54, 1.807) is 0 Å². The molecule has 1 aromatic rings. The van der Waals surface area contributed by atoms with Crippen molar-refractivity contribution in [3.05, 3.63) is 41.3 Å². The van der Waals surface area contributed by atoms with Gasteiger partial charge in [0.05, 0.1) is 5.70 Å². The summed E-state index contributed by atoms with van der Waals surface area (Å²) in [6, 6.07) is 8.81. The van der Waals surface area contributed by atoms with Crippen LogP contribution in [0.3, 0.4) is 0 Å². The van der Waals surface area contributed by atoms with Crippen molar-refractivity contribution in [3.63, 3.8) is 0 Å². The van der Waals surface area contributed by atoms with Crippen molar-refractivity contribution in [2.45, 2.75) is 77.9 Å². The molecule has 1 heterocycles. The zero-order valence-electron chi connectivity index (χ0n) is 15.3. The summed E-state index contributed by atoms with van der Waals surface area (Å²) in [5.74, 6) is 2.64. The second-order valence-corrected chi connectivity index (χ2v) is 7.99. The standard InChI is InChI=1S/C22H31NO/c1-16-10-6-9-15-20(16)23-17(2)21(18-11-7-8-12-18)24-22(23)19-13-4-3-5-14-19/h6,9-10,15,18-19,22H,3-5,7-8,11-14H2,1-2H3. The van der Waals surface area contributed by atoms with Crippen LogP contribution in [0.5, 0.6) is 0 Å². The fourth-order valence-electron chi connectivity index (χ4n) is 5.04. The number of hydrogen-bond donors (Lipinski definition) is 0. The molecule has 1 unspecified atom stereocenters. The van der Waals surface area contributed by atoms with E-state index < -0.39 is 0 Å². The highest BCUT2D eigenvalue weighted by Crippen LogP contribution is 2.45. The number of para-hydroxylation sites is 1.